The molecule has 0 aromatic heterocycles. The van der Waals surface area contributed by atoms with Crippen molar-refractivity contribution in [3.8, 4) is 5.75 Å². The first-order chi connectivity index (χ1) is 14.8. The summed E-state index contributed by atoms with van der Waals surface area (Å²) in [4.78, 5) is 1.53. The van der Waals surface area contributed by atoms with Crippen molar-refractivity contribution in [3.05, 3.63) is 64.7 Å². The van der Waals surface area contributed by atoms with Crippen molar-refractivity contribution in [3.63, 3.8) is 0 Å². The lowest BCUT2D eigenvalue weighted by atomic mass is 9.80. The summed E-state index contributed by atoms with van der Waals surface area (Å²) in [7, 11) is 1.43. The maximum Gasteiger partial charge on any atom is 0.410 e. The van der Waals surface area contributed by atoms with Gasteiger partial charge in [-0.15, -0.1) is 12.4 Å². The van der Waals surface area contributed by atoms with Crippen LogP contribution in [0.2, 0.25) is 0 Å². The average Bonchev–Trinajstić information content (AvgIpc) is 2.77. The van der Waals surface area contributed by atoms with Gasteiger partial charge in [-0.3, -0.25) is 4.90 Å². The van der Waals surface area contributed by atoms with Gasteiger partial charge in [-0.2, -0.15) is 13.2 Å². The van der Waals surface area contributed by atoms with Crippen LogP contribution >= 0.6 is 12.4 Å². The number of halogens is 4. The van der Waals surface area contributed by atoms with Crippen LogP contribution in [0.25, 0.3) is 0 Å². The van der Waals surface area contributed by atoms with E-state index in [0.29, 0.717) is 39.0 Å². The molecule has 2 aromatic carbocycles. The van der Waals surface area contributed by atoms with E-state index in [0.717, 1.165) is 16.7 Å². The molecule has 8 heteroatoms. The second-order valence-electron chi connectivity index (χ2n) is 8.55. The highest BCUT2D eigenvalue weighted by Gasteiger charge is 2.60. The fourth-order valence-corrected chi connectivity index (χ4v) is 5.02. The average molecular weight is 471 g/mol. The quantitative estimate of drug-likeness (QED) is 0.672. The molecular weight excluding hydrogens is 441 g/mol. The van der Waals surface area contributed by atoms with Crippen molar-refractivity contribution in [2.24, 2.45) is 5.73 Å². The number of nitrogens with zero attached hydrogens (tertiary/aromatic N) is 1. The molecule has 3 atom stereocenters. The third-order valence-corrected chi connectivity index (χ3v) is 6.76. The van der Waals surface area contributed by atoms with Crippen LogP contribution in [-0.4, -0.2) is 37.4 Å². The summed E-state index contributed by atoms with van der Waals surface area (Å²) in [5, 5.41) is 0. The molecule has 2 aliphatic rings. The summed E-state index contributed by atoms with van der Waals surface area (Å²) in [6.07, 6.45) is -2.60. The number of benzene rings is 2. The van der Waals surface area contributed by atoms with Crippen molar-refractivity contribution < 1.29 is 22.6 Å². The zero-order valence-electron chi connectivity index (χ0n) is 18.3. The Morgan fingerprint density at radius 1 is 1.12 bits per heavy atom. The van der Waals surface area contributed by atoms with E-state index in [9.17, 15) is 13.2 Å². The van der Waals surface area contributed by atoms with Crippen LogP contribution in [0.1, 0.15) is 48.1 Å². The number of rotatable bonds is 4. The topological polar surface area (TPSA) is 47.7 Å². The molecule has 176 valence electrons. The molecule has 1 fully saturated rings. The Bertz CT molecular complexity index is 925. The zero-order valence-corrected chi connectivity index (χ0v) is 19.1. The number of alkyl halides is 3. The summed E-state index contributed by atoms with van der Waals surface area (Å²) >= 11 is 0. The summed E-state index contributed by atoms with van der Waals surface area (Å²) in [6, 6.07) is 11.7. The summed E-state index contributed by atoms with van der Waals surface area (Å²) in [5.74, 6) is 0.256. The van der Waals surface area contributed by atoms with E-state index in [1.807, 2.05) is 30.3 Å². The van der Waals surface area contributed by atoms with Crippen molar-refractivity contribution in [1.82, 2.24) is 4.90 Å². The van der Waals surface area contributed by atoms with Gasteiger partial charge in [-0.1, -0.05) is 30.3 Å². The van der Waals surface area contributed by atoms with E-state index in [1.54, 1.807) is 12.1 Å². The zero-order chi connectivity index (χ0) is 22.2. The molecule has 1 unspecified atom stereocenters. The van der Waals surface area contributed by atoms with Gasteiger partial charge in [0, 0.05) is 18.2 Å². The normalized spacial score (nSPS) is 23.6. The number of piperidine rings is 1. The van der Waals surface area contributed by atoms with Gasteiger partial charge >= 0.3 is 6.18 Å². The Kier molecular flexibility index (Phi) is 7.44. The van der Waals surface area contributed by atoms with E-state index in [2.05, 4.69) is 0 Å². The van der Waals surface area contributed by atoms with E-state index in [-0.39, 0.29) is 23.7 Å². The van der Waals surface area contributed by atoms with E-state index >= 15 is 0 Å². The Morgan fingerprint density at radius 3 is 2.50 bits per heavy atom. The maximum atomic E-state index is 15.0. The minimum absolute atomic E-state index is 0. The number of nitrogens with two attached hydrogens (primary N) is 1. The van der Waals surface area contributed by atoms with Crippen LogP contribution in [0.5, 0.6) is 5.75 Å². The van der Waals surface area contributed by atoms with Crippen LogP contribution < -0.4 is 10.5 Å². The highest BCUT2D eigenvalue weighted by Crippen LogP contribution is 2.52. The molecule has 0 amide bonds. The van der Waals surface area contributed by atoms with Gasteiger partial charge in [-0.05, 0) is 55.0 Å². The second-order valence-corrected chi connectivity index (χ2v) is 8.55. The smallest absolute Gasteiger partial charge is 0.410 e. The van der Waals surface area contributed by atoms with Gasteiger partial charge in [-0.25, -0.2) is 0 Å². The minimum Gasteiger partial charge on any atom is -0.496 e. The fourth-order valence-electron chi connectivity index (χ4n) is 5.02. The van der Waals surface area contributed by atoms with Gasteiger partial charge < -0.3 is 15.2 Å². The fraction of sp³-hybridized carbons (Fsp3) is 0.500. The molecule has 2 aliphatic heterocycles. The molecule has 0 radical (unpaired) electrons. The Labute approximate surface area is 193 Å². The number of hydrogen-bond donors (Lipinski definition) is 1. The largest absolute Gasteiger partial charge is 0.496 e. The van der Waals surface area contributed by atoms with Gasteiger partial charge in [0.15, 0.2) is 0 Å². The third-order valence-electron chi connectivity index (χ3n) is 6.76. The number of hydrogen-bond acceptors (Lipinski definition) is 4. The standard InChI is InChI=1S/C24H29F3N2O2.ClH/c1-23(24(25,26)27,19-13-18-15-31-12-10-17(18)14-21(19)30-2)29-11-6-9-20(28)22(29)16-7-4-3-5-8-16;/h3-5,7-8,13-14,20,22H,6,9-12,15,28H2,1-2H3;1H/t20-,22-,23?;/m0./s1. The van der Waals surface area contributed by atoms with Gasteiger partial charge in [0.2, 0.25) is 0 Å². The summed E-state index contributed by atoms with van der Waals surface area (Å²) < 4.78 is 55.9. The third kappa shape index (κ3) is 4.23. The first-order valence-corrected chi connectivity index (χ1v) is 10.7. The van der Waals surface area contributed by atoms with Gasteiger partial charge in [0.05, 0.1) is 26.4 Å². The Hall–Kier alpha value is -1.80. The monoisotopic (exact) mass is 470 g/mol. The first-order valence-electron chi connectivity index (χ1n) is 10.7. The van der Waals surface area contributed by atoms with Gasteiger partial charge in [0.25, 0.3) is 0 Å². The predicted octanol–water partition coefficient (Wildman–Crippen LogP) is 5.13. The second kappa shape index (κ2) is 9.59. The predicted molar refractivity (Wildman–Crippen MR) is 120 cm³/mol. The minimum atomic E-state index is -4.55. The molecule has 0 aliphatic carbocycles. The lowest BCUT2D eigenvalue weighted by Crippen LogP contribution is -2.60. The van der Waals surface area contributed by atoms with Crippen molar-refractivity contribution in [2.75, 3.05) is 20.3 Å². The number of fused-ring (bicyclic) bond motifs is 1. The molecule has 4 rings (SSSR count). The van der Waals surface area contributed by atoms with Crippen LogP contribution in [-0.2, 0) is 23.3 Å². The first kappa shape index (κ1) is 24.8. The number of methoxy groups -OCH3 is 1. The molecule has 0 spiro atoms. The van der Waals surface area contributed by atoms with E-state index < -0.39 is 23.8 Å². The van der Waals surface area contributed by atoms with Crippen LogP contribution in [0, 0.1) is 0 Å². The molecule has 0 saturated carbocycles. The lowest BCUT2D eigenvalue weighted by Gasteiger charge is -2.51. The lowest BCUT2D eigenvalue weighted by molar-refractivity contribution is -0.244. The molecule has 2 aromatic rings. The molecule has 32 heavy (non-hydrogen) atoms. The Balaban J connectivity index is 0.00000289. The highest BCUT2D eigenvalue weighted by atomic mass is 35.5. The maximum absolute atomic E-state index is 15.0. The SMILES string of the molecule is COc1cc2c(cc1C(C)(N1CCC[C@H](N)[C@@H]1c1ccccc1)C(F)(F)F)COCC2.Cl. The number of likely N-dealkylation sites (tertiary alicyclic amines) is 1. The van der Waals surface area contributed by atoms with E-state index in [4.69, 9.17) is 15.2 Å². The van der Waals surface area contributed by atoms with Crippen molar-refractivity contribution in [2.45, 2.75) is 56.6 Å². The molecule has 0 bridgehead atoms. The molecule has 4 nitrogen and oxygen atoms in total. The van der Waals surface area contributed by atoms with Crippen molar-refractivity contribution in [1.29, 1.82) is 0 Å². The molecule has 2 N–H and O–H groups in total. The van der Waals surface area contributed by atoms with Gasteiger partial charge in [0.1, 0.15) is 11.3 Å². The van der Waals surface area contributed by atoms with Crippen LogP contribution in [0.3, 0.4) is 0 Å². The highest BCUT2D eigenvalue weighted by molar-refractivity contribution is 5.85. The molecule has 1 saturated heterocycles. The number of ether oxygens (including phenoxy) is 2. The van der Waals surface area contributed by atoms with Crippen LogP contribution in [0.4, 0.5) is 13.2 Å². The molecule has 2 heterocycles. The molecular formula is C24H30ClF3N2O2. The van der Waals surface area contributed by atoms with E-state index in [1.165, 1.54) is 18.9 Å². The Morgan fingerprint density at radius 2 is 1.84 bits per heavy atom. The summed E-state index contributed by atoms with van der Waals surface area (Å²) in [6.45, 7) is 2.42. The summed E-state index contributed by atoms with van der Waals surface area (Å²) in [5.41, 5.74) is 6.84. The van der Waals surface area contributed by atoms with Crippen molar-refractivity contribution >= 4 is 12.4 Å². The van der Waals surface area contributed by atoms with Crippen LogP contribution in [0.15, 0.2) is 42.5 Å².